The summed E-state index contributed by atoms with van der Waals surface area (Å²) in [5, 5.41) is 0. The number of aryl methyl sites for hydroxylation is 1. The van der Waals surface area contributed by atoms with Crippen molar-refractivity contribution in [3.63, 3.8) is 0 Å². The largest absolute Gasteiger partial charge is 0.398 e. The van der Waals surface area contributed by atoms with Crippen molar-refractivity contribution in [3.8, 4) is 0 Å². The molecule has 0 fully saturated rings. The van der Waals surface area contributed by atoms with Crippen LogP contribution in [0.25, 0.3) is 0 Å². The summed E-state index contributed by atoms with van der Waals surface area (Å²) in [7, 11) is 0. The van der Waals surface area contributed by atoms with Crippen molar-refractivity contribution < 1.29 is 4.79 Å². The standard InChI is InChI=1S/C14H14N4O/c1-9-7-17-12(8-16-9)14(19)18-6-5-10-11(15)3-2-4-13(10)18/h2-4,7-8H,5-6,15H2,1H3. The number of nitrogens with zero attached hydrogens (tertiary/aromatic N) is 3. The lowest BCUT2D eigenvalue weighted by molar-refractivity contribution is 0.0984. The molecule has 1 aromatic carbocycles. The molecule has 1 aliphatic rings. The van der Waals surface area contributed by atoms with Gasteiger partial charge in [-0.3, -0.25) is 9.78 Å². The van der Waals surface area contributed by atoms with Crippen LogP contribution < -0.4 is 10.6 Å². The molecule has 2 heterocycles. The number of carbonyl (C=O) groups excluding carboxylic acids is 1. The van der Waals surface area contributed by atoms with Gasteiger partial charge in [-0.2, -0.15) is 0 Å². The highest BCUT2D eigenvalue weighted by Gasteiger charge is 2.27. The van der Waals surface area contributed by atoms with Gasteiger partial charge in [0.1, 0.15) is 5.69 Å². The van der Waals surface area contributed by atoms with Crippen molar-refractivity contribution in [2.45, 2.75) is 13.3 Å². The number of amides is 1. The van der Waals surface area contributed by atoms with Crippen LogP contribution in [-0.4, -0.2) is 22.4 Å². The smallest absolute Gasteiger partial charge is 0.278 e. The van der Waals surface area contributed by atoms with Gasteiger partial charge in [0, 0.05) is 29.7 Å². The number of carbonyl (C=O) groups is 1. The van der Waals surface area contributed by atoms with E-state index in [4.69, 9.17) is 5.73 Å². The van der Waals surface area contributed by atoms with Gasteiger partial charge in [-0.15, -0.1) is 0 Å². The van der Waals surface area contributed by atoms with Crippen molar-refractivity contribution in [1.82, 2.24) is 9.97 Å². The molecule has 0 atom stereocenters. The Kier molecular flexibility index (Phi) is 2.67. The summed E-state index contributed by atoms with van der Waals surface area (Å²) in [6, 6.07) is 5.64. The highest BCUT2D eigenvalue weighted by atomic mass is 16.2. The molecule has 19 heavy (non-hydrogen) atoms. The summed E-state index contributed by atoms with van der Waals surface area (Å²) in [4.78, 5) is 22.4. The summed E-state index contributed by atoms with van der Waals surface area (Å²) in [6.07, 6.45) is 3.90. The van der Waals surface area contributed by atoms with Gasteiger partial charge >= 0.3 is 0 Å². The van der Waals surface area contributed by atoms with Gasteiger partial charge in [-0.05, 0) is 25.5 Å². The van der Waals surface area contributed by atoms with Crippen molar-refractivity contribution in [2.75, 3.05) is 17.2 Å². The van der Waals surface area contributed by atoms with Gasteiger partial charge < -0.3 is 10.6 Å². The lowest BCUT2D eigenvalue weighted by atomic mass is 10.1. The number of nitrogens with two attached hydrogens (primary N) is 1. The Morgan fingerprint density at radius 1 is 1.32 bits per heavy atom. The third-order valence-electron chi connectivity index (χ3n) is 3.31. The Bertz CT molecular complexity index is 636. The molecule has 2 N–H and O–H groups in total. The number of aromatic nitrogens is 2. The zero-order valence-corrected chi connectivity index (χ0v) is 10.6. The van der Waals surface area contributed by atoms with E-state index in [0.29, 0.717) is 12.2 Å². The van der Waals surface area contributed by atoms with E-state index in [9.17, 15) is 4.79 Å². The first kappa shape index (κ1) is 11.6. The SMILES string of the molecule is Cc1cnc(C(=O)N2CCc3c(N)cccc32)cn1. The van der Waals surface area contributed by atoms with Gasteiger partial charge in [-0.25, -0.2) is 4.98 Å². The van der Waals surface area contributed by atoms with Crippen LogP contribution in [0.2, 0.25) is 0 Å². The number of rotatable bonds is 1. The average Bonchev–Trinajstić information content (AvgIpc) is 2.84. The first-order chi connectivity index (χ1) is 9.16. The first-order valence-corrected chi connectivity index (χ1v) is 6.14. The molecule has 1 aliphatic heterocycles. The fourth-order valence-electron chi connectivity index (χ4n) is 2.31. The lowest BCUT2D eigenvalue weighted by Gasteiger charge is -2.16. The van der Waals surface area contributed by atoms with Gasteiger partial charge in [0.25, 0.3) is 5.91 Å². The molecule has 1 aromatic heterocycles. The second-order valence-corrected chi connectivity index (χ2v) is 4.59. The molecule has 0 radical (unpaired) electrons. The maximum atomic E-state index is 12.4. The number of benzene rings is 1. The molecule has 96 valence electrons. The number of nitrogen functional groups attached to an aromatic ring is 1. The normalized spacial score (nSPS) is 13.4. The Labute approximate surface area is 111 Å². The molecule has 0 spiro atoms. The minimum atomic E-state index is -0.128. The summed E-state index contributed by atoms with van der Waals surface area (Å²) in [5.41, 5.74) is 9.74. The molecule has 0 aliphatic carbocycles. The fraction of sp³-hybridized carbons (Fsp3) is 0.214. The first-order valence-electron chi connectivity index (χ1n) is 6.14. The van der Waals surface area contributed by atoms with Crippen molar-refractivity contribution >= 4 is 17.3 Å². The van der Waals surface area contributed by atoms with Crippen LogP contribution in [0.5, 0.6) is 0 Å². The quantitative estimate of drug-likeness (QED) is 0.784. The van der Waals surface area contributed by atoms with Crippen LogP contribution in [0.4, 0.5) is 11.4 Å². The molecule has 2 aromatic rings. The Balaban J connectivity index is 1.95. The van der Waals surface area contributed by atoms with Crippen molar-refractivity contribution in [2.24, 2.45) is 0 Å². The lowest BCUT2D eigenvalue weighted by Crippen LogP contribution is -2.29. The second kappa shape index (κ2) is 4.35. The van der Waals surface area contributed by atoms with E-state index in [1.54, 1.807) is 11.1 Å². The van der Waals surface area contributed by atoms with E-state index >= 15 is 0 Å². The molecule has 0 unspecified atom stereocenters. The summed E-state index contributed by atoms with van der Waals surface area (Å²) in [5.74, 6) is -0.128. The third kappa shape index (κ3) is 1.93. The molecule has 1 amide bonds. The molecule has 0 saturated carbocycles. The summed E-state index contributed by atoms with van der Waals surface area (Å²) >= 11 is 0. The number of hydrogen-bond donors (Lipinski definition) is 1. The van der Waals surface area contributed by atoms with E-state index in [1.807, 2.05) is 25.1 Å². The number of fused-ring (bicyclic) bond motifs is 1. The van der Waals surface area contributed by atoms with Gasteiger partial charge in [0.05, 0.1) is 11.9 Å². The molecule has 5 heteroatoms. The van der Waals surface area contributed by atoms with Gasteiger partial charge in [0.15, 0.2) is 0 Å². The van der Waals surface area contributed by atoms with Crippen LogP contribution >= 0.6 is 0 Å². The average molecular weight is 254 g/mol. The minimum Gasteiger partial charge on any atom is -0.398 e. The molecule has 5 nitrogen and oxygen atoms in total. The van der Waals surface area contributed by atoms with E-state index in [0.717, 1.165) is 29.1 Å². The monoisotopic (exact) mass is 254 g/mol. The second-order valence-electron chi connectivity index (χ2n) is 4.59. The van der Waals surface area contributed by atoms with E-state index in [2.05, 4.69) is 9.97 Å². The highest BCUT2D eigenvalue weighted by molar-refractivity contribution is 6.06. The van der Waals surface area contributed by atoms with Gasteiger partial charge in [0.2, 0.25) is 0 Å². The van der Waals surface area contributed by atoms with Crippen molar-refractivity contribution in [3.05, 3.63) is 47.5 Å². The van der Waals surface area contributed by atoms with Crippen LogP contribution in [0.15, 0.2) is 30.6 Å². The van der Waals surface area contributed by atoms with Crippen LogP contribution in [0, 0.1) is 6.92 Å². The van der Waals surface area contributed by atoms with Crippen LogP contribution in [0.1, 0.15) is 21.7 Å². The zero-order valence-electron chi connectivity index (χ0n) is 10.6. The van der Waals surface area contributed by atoms with Crippen LogP contribution in [0.3, 0.4) is 0 Å². The van der Waals surface area contributed by atoms with E-state index < -0.39 is 0 Å². The minimum absolute atomic E-state index is 0.128. The zero-order chi connectivity index (χ0) is 13.4. The number of hydrogen-bond acceptors (Lipinski definition) is 4. The van der Waals surface area contributed by atoms with Gasteiger partial charge in [-0.1, -0.05) is 6.07 Å². The molecular formula is C14H14N4O. The maximum absolute atomic E-state index is 12.4. The Morgan fingerprint density at radius 2 is 2.16 bits per heavy atom. The molecule has 3 rings (SSSR count). The molecule has 0 saturated heterocycles. The maximum Gasteiger partial charge on any atom is 0.278 e. The Hall–Kier alpha value is -2.43. The topological polar surface area (TPSA) is 72.1 Å². The summed E-state index contributed by atoms with van der Waals surface area (Å²) < 4.78 is 0. The Morgan fingerprint density at radius 3 is 2.89 bits per heavy atom. The van der Waals surface area contributed by atoms with Crippen molar-refractivity contribution in [1.29, 1.82) is 0 Å². The van der Waals surface area contributed by atoms with E-state index in [-0.39, 0.29) is 5.91 Å². The molecular weight excluding hydrogens is 240 g/mol. The van der Waals surface area contributed by atoms with E-state index in [1.165, 1.54) is 6.20 Å². The molecule has 0 bridgehead atoms. The third-order valence-corrected chi connectivity index (χ3v) is 3.31. The van der Waals surface area contributed by atoms with Crippen LogP contribution in [-0.2, 0) is 6.42 Å². The fourth-order valence-corrected chi connectivity index (χ4v) is 2.31. The predicted molar refractivity (Wildman–Crippen MR) is 73.0 cm³/mol. The predicted octanol–water partition coefficient (Wildman–Crippen LogP) is 1.57. The summed E-state index contributed by atoms with van der Waals surface area (Å²) in [6.45, 7) is 2.48. The highest BCUT2D eigenvalue weighted by Crippen LogP contribution is 2.32. The number of anilines is 2.